The van der Waals surface area contributed by atoms with Crippen molar-refractivity contribution in [3.05, 3.63) is 28.2 Å². The van der Waals surface area contributed by atoms with Gasteiger partial charge in [-0.25, -0.2) is 0 Å². The minimum Gasteiger partial charge on any atom is -0.497 e. The Labute approximate surface area is 117 Å². The summed E-state index contributed by atoms with van der Waals surface area (Å²) in [4.78, 5) is 0. The maximum absolute atomic E-state index is 5.73. The van der Waals surface area contributed by atoms with Gasteiger partial charge in [0.2, 0.25) is 0 Å². The van der Waals surface area contributed by atoms with Crippen LogP contribution in [-0.2, 0) is 15.9 Å². The Morgan fingerprint density at radius 1 is 1.39 bits per heavy atom. The first-order chi connectivity index (χ1) is 8.79. The monoisotopic (exact) mass is 314 g/mol. The first-order valence-corrected chi connectivity index (χ1v) is 7.14. The average Bonchev–Trinajstić information content (AvgIpc) is 2.42. The molecule has 0 saturated carbocycles. The van der Waals surface area contributed by atoms with Gasteiger partial charge in [0.1, 0.15) is 5.75 Å². The van der Waals surface area contributed by atoms with Crippen molar-refractivity contribution in [3.8, 4) is 5.75 Å². The van der Waals surface area contributed by atoms with E-state index in [2.05, 4.69) is 15.9 Å². The van der Waals surface area contributed by atoms with E-state index in [9.17, 15) is 0 Å². The van der Waals surface area contributed by atoms with Gasteiger partial charge in [-0.05, 0) is 49.4 Å². The van der Waals surface area contributed by atoms with Crippen LogP contribution >= 0.6 is 15.9 Å². The minimum absolute atomic E-state index is 0.0110. The van der Waals surface area contributed by atoms with Gasteiger partial charge in [-0.3, -0.25) is 0 Å². The summed E-state index contributed by atoms with van der Waals surface area (Å²) < 4.78 is 17.6. The zero-order valence-electron chi connectivity index (χ0n) is 10.7. The molecule has 0 aromatic heterocycles. The van der Waals surface area contributed by atoms with Gasteiger partial charge in [0, 0.05) is 11.1 Å². The second-order valence-electron chi connectivity index (χ2n) is 4.37. The lowest BCUT2D eigenvalue weighted by atomic mass is 10.1. The fourth-order valence-corrected chi connectivity index (χ4v) is 2.46. The van der Waals surface area contributed by atoms with E-state index in [1.807, 2.05) is 18.2 Å². The van der Waals surface area contributed by atoms with Crippen LogP contribution in [0.25, 0.3) is 0 Å². The number of rotatable bonds is 5. The molecule has 1 aliphatic heterocycles. The second-order valence-corrected chi connectivity index (χ2v) is 5.23. The summed E-state index contributed by atoms with van der Waals surface area (Å²) in [5.41, 5.74) is 1.20. The van der Waals surface area contributed by atoms with Crippen molar-refractivity contribution >= 4 is 15.9 Å². The summed E-state index contributed by atoms with van der Waals surface area (Å²) in [6.07, 6.45) is 4.22. The number of ether oxygens (including phenoxy) is 3. The third kappa shape index (κ3) is 3.97. The molecule has 0 aliphatic carbocycles. The van der Waals surface area contributed by atoms with E-state index < -0.39 is 0 Å². The number of benzene rings is 1. The molecule has 4 heteroatoms. The molecular formula is C14H19BrO3. The molecule has 18 heavy (non-hydrogen) atoms. The molecule has 0 spiro atoms. The van der Waals surface area contributed by atoms with E-state index in [0.717, 1.165) is 36.1 Å². The number of halogens is 1. The first kappa shape index (κ1) is 13.8. The van der Waals surface area contributed by atoms with Crippen LogP contribution in [0.3, 0.4) is 0 Å². The van der Waals surface area contributed by atoms with Crippen molar-refractivity contribution in [2.75, 3.05) is 20.3 Å². The Hall–Kier alpha value is -0.580. The molecule has 1 aromatic carbocycles. The van der Waals surface area contributed by atoms with Gasteiger partial charge in [0.25, 0.3) is 0 Å². The SMILES string of the molecule is COc1ccc(Br)c(CCOC2CCCCO2)c1. The highest BCUT2D eigenvalue weighted by Crippen LogP contribution is 2.23. The van der Waals surface area contributed by atoms with Crippen LogP contribution in [0.5, 0.6) is 5.75 Å². The molecule has 3 nitrogen and oxygen atoms in total. The highest BCUT2D eigenvalue weighted by atomic mass is 79.9. The quantitative estimate of drug-likeness (QED) is 0.832. The zero-order chi connectivity index (χ0) is 12.8. The van der Waals surface area contributed by atoms with Crippen molar-refractivity contribution in [2.24, 2.45) is 0 Å². The van der Waals surface area contributed by atoms with Crippen molar-refractivity contribution in [2.45, 2.75) is 32.0 Å². The maximum Gasteiger partial charge on any atom is 0.157 e. The summed E-state index contributed by atoms with van der Waals surface area (Å²) in [6, 6.07) is 5.99. The average molecular weight is 315 g/mol. The topological polar surface area (TPSA) is 27.7 Å². The van der Waals surface area contributed by atoms with Crippen molar-refractivity contribution in [1.82, 2.24) is 0 Å². The number of hydrogen-bond acceptors (Lipinski definition) is 3. The molecule has 0 bridgehead atoms. The molecule has 0 amide bonds. The molecule has 1 saturated heterocycles. The second kappa shape index (κ2) is 7.12. The van der Waals surface area contributed by atoms with E-state index in [0.29, 0.717) is 6.61 Å². The summed E-state index contributed by atoms with van der Waals surface area (Å²) in [5.74, 6) is 0.877. The summed E-state index contributed by atoms with van der Waals surface area (Å²) in [7, 11) is 1.68. The molecule has 100 valence electrons. The van der Waals surface area contributed by atoms with Crippen LogP contribution < -0.4 is 4.74 Å². The zero-order valence-corrected chi connectivity index (χ0v) is 12.2. The van der Waals surface area contributed by atoms with Crippen LogP contribution in [0.15, 0.2) is 22.7 Å². The van der Waals surface area contributed by atoms with Crippen LogP contribution in [-0.4, -0.2) is 26.6 Å². The van der Waals surface area contributed by atoms with Gasteiger partial charge in [0.05, 0.1) is 13.7 Å². The fraction of sp³-hybridized carbons (Fsp3) is 0.571. The summed E-state index contributed by atoms with van der Waals surface area (Å²) >= 11 is 3.54. The van der Waals surface area contributed by atoms with E-state index in [4.69, 9.17) is 14.2 Å². The highest BCUT2D eigenvalue weighted by molar-refractivity contribution is 9.10. The third-order valence-corrected chi connectivity index (χ3v) is 3.84. The third-order valence-electron chi connectivity index (χ3n) is 3.07. The van der Waals surface area contributed by atoms with Crippen molar-refractivity contribution < 1.29 is 14.2 Å². The fourth-order valence-electron chi connectivity index (χ4n) is 2.01. The standard InChI is InChI=1S/C14H19BrO3/c1-16-12-5-6-13(15)11(10-12)7-9-18-14-4-2-3-8-17-14/h5-6,10,14H,2-4,7-9H2,1H3. The smallest absolute Gasteiger partial charge is 0.157 e. The number of hydrogen-bond donors (Lipinski definition) is 0. The lowest BCUT2D eigenvalue weighted by Gasteiger charge is -2.22. The van der Waals surface area contributed by atoms with E-state index in [-0.39, 0.29) is 6.29 Å². The van der Waals surface area contributed by atoms with Crippen molar-refractivity contribution in [1.29, 1.82) is 0 Å². The van der Waals surface area contributed by atoms with Gasteiger partial charge in [-0.1, -0.05) is 15.9 Å². The Bertz CT molecular complexity index is 375. The molecule has 1 fully saturated rings. The van der Waals surface area contributed by atoms with Crippen molar-refractivity contribution in [3.63, 3.8) is 0 Å². The molecule has 1 heterocycles. The van der Waals surface area contributed by atoms with Crippen LogP contribution in [0.1, 0.15) is 24.8 Å². The number of methoxy groups -OCH3 is 1. The van der Waals surface area contributed by atoms with Gasteiger partial charge in [-0.15, -0.1) is 0 Å². The lowest BCUT2D eigenvalue weighted by Crippen LogP contribution is -2.23. The normalized spacial score (nSPS) is 19.8. The highest BCUT2D eigenvalue weighted by Gasteiger charge is 2.13. The molecule has 1 unspecified atom stereocenters. The minimum atomic E-state index is -0.0110. The molecule has 0 N–H and O–H groups in total. The van der Waals surface area contributed by atoms with E-state index in [1.54, 1.807) is 7.11 Å². The molecule has 2 rings (SSSR count). The molecule has 1 aromatic rings. The maximum atomic E-state index is 5.73. The lowest BCUT2D eigenvalue weighted by molar-refractivity contribution is -0.161. The van der Waals surface area contributed by atoms with Crippen LogP contribution in [0, 0.1) is 0 Å². The molecule has 0 radical (unpaired) electrons. The Balaban J connectivity index is 1.81. The van der Waals surface area contributed by atoms with Gasteiger partial charge >= 0.3 is 0 Å². The predicted molar refractivity (Wildman–Crippen MR) is 73.9 cm³/mol. The van der Waals surface area contributed by atoms with Gasteiger partial charge < -0.3 is 14.2 Å². The molecule has 1 atom stereocenters. The van der Waals surface area contributed by atoms with Gasteiger partial charge in [0.15, 0.2) is 6.29 Å². The Morgan fingerprint density at radius 3 is 3.00 bits per heavy atom. The van der Waals surface area contributed by atoms with E-state index in [1.165, 1.54) is 12.0 Å². The Morgan fingerprint density at radius 2 is 2.28 bits per heavy atom. The van der Waals surface area contributed by atoms with Gasteiger partial charge in [-0.2, -0.15) is 0 Å². The molecular weight excluding hydrogens is 296 g/mol. The molecule has 1 aliphatic rings. The largest absolute Gasteiger partial charge is 0.497 e. The Kier molecular flexibility index (Phi) is 5.47. The van der Waals surface area contributed by atoms with Crippen LogP contribution in [0.4, 0.5) is 0 Å². The first-order valence-electron chi connectivity index (χ1n) is 6.35. The van der Waals surface area contributed by atoms with E-state index >= 15 is 0 Å². The van der Waals surface area contributed by atoms with Crippen LogP contribution in [0.2, 0.25) is 0 Å². The summed E-state index contributed by atoms with van der Waals surface area (Å²) in [6.45, 7) is 1.50. The predicted octanol–water partition coefficient (Wildman–Crippen LogP) is 3.54. The summed E-state index contributed by atoms with van der Waals surface area (Å²) in [5, 5.41) is 0.